The minimum Gasteiger partial charge on any atom is -0.383 e. The highest BCUT2D eigenvalue weighted by atomic mass is 32.1. The number of nitrogen functional groups attached to an aromatic ring is 1. The van der Waals surface area contributed by atoms with E-state index in [4.69, 9.17) is 5.73 Å². The first kappa shape index (κ1) is 12.6. The fourth-order valence-corrected chi connectivity index (χ4v) is 2.65. The summed E-state index contributed by atoms with van der Waals surface area (Å²) in [5.74, 6) is 0.650. The predicted octanol–water partition coefficient (Wildman–Crippen LogP) is 0.693. The van der Waals surface area contributed by atoms with Crippen molar-refractivity contribution in [3.63, 3.8) is 0 Å². The van der Waals surface area contributed by atoms with Crippen molar-refractivity contribution in [1.29, 1.82) is 0 Å². The lowest BCUT2D eigenvalue weighted by atomic mass is 10.3. The lowest BCUT2D eigenvalue weighted by molar-refractivity contribution is 0.158. The van der Waals surface area contributed by atoms with Gasteiger partial charge in [0.05, 0.1) is 0 Å². The molecule has 1 aromatic rings. The average molecular weight is 255 g/mol. The Morgan fingerprint density at radius 2 is 2.06 bits per heavy atom. The smallest absolute Gasteiger partial charge is 0.142 e. The minimum absolute atomic E-state index is 0.650. The normalized spacial score (nSPS) is 18.5. The van der Waals surface area contributed by atoms with Crippen LogP contribution in [0.5, 0.6) is 0 Å². The van der Waals surface area contributed by atoms with E-state index in [9.17, 15) is 0 Å². The average Bonchev–Trinajstić information content (AvgIpc) is 2.64. The Morgan fingerprint density at radius 1 is 1.35 bits per heavy atom. The molecule has 5 nitrogen and oxygen atoms in total. The molecule has 0 radical (unpaired) electrons. The van der Waals surface area contributed by atoms with Gasteiger partial charge in [0.15, 0.2) is 0 Å². The third-order valence-corrected chi connectivity index (χ3v) is 4.19. The highest BCUT2D eigenvalue weighted by Crippen LogP contribution is 2.24. The van der Waals surface area contributed by atoms with E-state index < -0.39 is 0 Å². The fraction of sp³-hybridized carbons (Fsp3) is 0.727. The molecule has 1 aliphatic heterocycles. The van der Waals surface area contributed by atoms with E-state index in [1.165, 1.54) is 37.7 Å². The number of piperazine rings is 1. The summed E-state index contributed by atoms with van der Waals surface area (Å²) in [5.41, 5.74) is 6.79. The maximum atomic E-state index is 5.71. The summed E-state index contributed by atoms with van der Waals surface area (Å²) in [7, 11) is 2.18. The molecule has 0 aromatic carbocycles. The molecule has 0 amide bonds. The summed E-state index contributed by atoms with van der Waals surface area (Å²) >= 11 is 1.45. The number of nitrogens with one attached hydrogen (secondary N) is 1. The minimum atomic E-state index is 0.650. The molecule has 3 N–H and O–H groups in total. The molecule has 1 aliphatic rings. The Morgan fingerprint density at radius 3 is 2.65 bits per heavy atom. The standard InChI is InChI=1S/C11H21N5S/c1-9-10(12)14-17-11(9)13-3-4-16-7-5-15(2)6-8-16/h13H,3-8H2,1-2H3,(H2,12,14). The van der Waals surface area contributed by atoms with Gasteiger partial charge in [0, 0.05) is 44.8 Å². The van der Waals surface area contributed by atoms with E-state index in [2.05, 4.69) is 26.5 Å². The van der Waals surface area contributed by atoms with Crippen molar-refractivity contribution in [3.8, 4) is 0 Å². The van der Waals surface area contributed by atoms with Crippen molar-refractivity contribution in [2.45, 2.75) is 6.92 Å². The van der Waals surface area contributed by atoms with Crippen LogP contribution in [0.1, 0.15) is 5.56 Å². The third kappa shape index (κ3) is 3.31. The number of aromatic nitrogens is 1. The largest absolute Gasteiger partial charge is 0.383 e. The van der Waals surface area contributed by atoms with Crippen LogP contribution in [0.3, 0.4) is 0 Å². The number of likely N-dealkylation sites (N-methyl/N-ethyl adjacent to an activating group) is 1. The summed E-state index contributed by atoms with van der Waals surface area (Å²) in [6.07, 6.45) is 0. The van der Waals surface area contributed by atoms with Gasteiger partial charge in [-0.3, -0.25) is 4.90 Å². The summed E-state index contributed by atoms with van der Waals surface area (Å²) in [6.45, 7) is 8.75. The maximum Gasteiger partial charge on any atom is 0.142 e. The van der Waals surface area contributed by atoms with Crippen LogP contribution in [-0.4, -0.2) is 60.5 Å². The van der Waals surface area contributed by atoms with Crippen molar-refractivity contribution in [3.05, 3.63) is 5.56 Å². The number of rotatable bonds is 4. The quantitative estimate of drug-likeness (QED) is 0.829. The SMILES string of the molecule is Cc1c(N)nsc1NCCN1CCN(C)CC1. The number of hydrogen-bond donors (Lipinski definition) is 2. The van der Waals surface area contributed by atoms with Gasteiger partial charge in [-0.25, -0.2) is 0 Å². The molecule has 0 atom stereocenters. The molecule has 0 unspecified atom stereocenters. The first-order chi connectivity index (χ1) is 8.16. The van der Waals surface area contributed by atoms with Crippen LogP contribution in [0.15, 0.2) is 0 Å². The molecule has 6 heteroatoms. The van der Waals surface area contributed by atoms with Gasteiger partial charge >= 0.3 is 0 Å². The molecular formula is C11H21N5S. The van der Waals surface area contributed by atoms with Gasteiger partial charge in [-0.1, -0.05) is 0 Å². The number of nitrogens with two attached hydrogens (primary N) is 1. The Hall–Kier alpha value is -0.850. The fourth-order valence-electron chi connectivity index (χ4n) is 1.91. The number of hydrogen-bond acceptors (Lipinski definition) is 6. The highest BCUT2D eigenvalue weighted by molar-refractivity contribution is 7.10. The van der Waals surface area contributed by atoms with Crippen LogP contribution in [0.4, 0.5) is 10.8 Å². The molecule has 17 heavy (non-hydrogen) atoms. The highest BCUT2D eigenvalue weighted by Gasteiger charge is 2.13. The molecule has 0 aliphatic carbocycles. The van der Waals surface area contributed by atoms with Gasteiger partial charge in [0.1, 0.15) is 10.8 Å². The molecule has 1 fully saturated rings. The second-order valence-electron chi connectivity index (χ2n) is 4.59. The molecular weight excluding hydrogens is 234 g/mol. The summed E-state index contributed by atoms with van der Waals surface area (Å²) in [4.78, 5) is 4.87. The Balaban J connectivity index is 1.71. The summed E-state index contributed by atoms with van der Waals surface area (Å²) in [6, 6.07) is 0. The van der Waals surface area contributed by atoms with Crippen LogP contribution in [-0.2, 0) is 0 Å². The van der Waals surface area contributed by atoms with Gasteiger partial charge in [-0.15, -0.1) is 0 Å². The van der Waals surface area contributed by atoms with Gasteiger partial charge in [-0.05, 0) is 25.5 Å². The predicted molar refractivity (Wildman–Crippen MR) is 73.7 cm³/mol. The van der Waals surface area contributed by atoms with Crippen LogP contribution >= 0.6 is 11.5 Å². The lowest BCUT2D eigenvalue weighted by Gasteiger charge is -2.32. The monoisotopic (exact) mass is 255 g/mol. The van der Waals surface area contributed by atoms with Crippen molar-refractivity contribution in [2.24, 2.45) is 0 Å². The van der Waals surface area contributed by atoms with Gasteiger partial charge < -0.3 is 16.0 Å². The zero-order valence-corrected chi connectivity index (χ0v) is 11.4. The molecule has 0 bridgehead atoms. The zero-order chi connectivity index (χ0) is 12.3. The molecule has 0 spiro atoms. The van der Waals surface area contributed by atoms with Gasteiger partial charge in [0.25, 0.3) is 0 Å². The number of anilines is 2. The second-order valence-corrected chi connectivity index (χ2v) is 5.37. The van der Waals surface area contributed by atoms with E-state index in [-0.39, 0.29) is 0 Å². The van der Waals surface area contributed by atoms with Crippen LogP contribution in [0.2, 0.25) is 0 Å². The molecule has 2 heterocycles. The van der Waals surface area contributed by atoms with Crippen molar-refractivity contribution in [2.75, 3.05) is 57.4 Å². The second kappa shape index (κ2) is 5.66. The Kier molecular flexibility index (Phi) is 4.20. The molecule has 1 saturated heterocycles. The van der Waals surface area contributed by atoms with Gasteiger partial charge in [-0.2, -0.15) is 4.37 Å². The summed E-state index contributed by atoms with van der Waals surface area (Å²) in [5, 5.41) is 4.52. The topological polar surface area (TPSA) is 57.4 Å². The van der Waals surface area contributed by atoms with E-state index in [1.807, 2.05) is 6.92 Å². The van der Waals surface area contributed by atoms with Crippen LogP contribution in [0.25, 0.3) is 0 Å². The summed E-state index contributed by atoms with van der Waals surface area (Å²) < 4.78 is 4.13. The Labute approximate surface area is 107 Å². The molecule has 96 valence electrons. The van der Waals surface area contributed by atoms with Crippen LogP contribution < -0.4 is 11.1 Å². The zero-order valence-electron chi connectivity index (χ0n) is 10.6. The third-order valence-electron chi connectivity index (χ3n) is 3.27. The van der Waals surface area contributed by atoms with E-state index in [0.29, 0.717) is 5.82 Å². The molecule has 1 aromatic heterocycles. The molecule has 2 rings (SSSR count). The van der Waals surface area contributed by atoms with Crippen LogP contribution in [0, 0.1) is 6.92 Å². The van der Waals surface area contributed by atoms with E-state index in [0.717, 1.165) is 23.7 Å². The van der Waals surface area contributed by atoms with Crippen molar-refractivity contribution in [1.82, 2.24) is 14.2 Å². The van der Waals surface area contributed by atoms with E-state index in [1.54, 1.807) is 0 Å². The maximum absolute atomic E-state index is 5.71. The Bertz CT molecular complexity index is 357. The first-order valence-corrected chi connectivity index (χ1v) is 6.80. The number of nitrogens with zero attached hydrogens (tertiary/aromatic N) is 3. The van der Waals surface area contributed by atoms with Gasteiger partial charge in [0.2, 0.25) is 0 Å². The molecule has 0 saturated carbocycles. The van der Waals surface area contributed by atoms with E-state index >= 15 is 0 Å². The van der Waals surface area contributed by atoms with Crippen molar-refractivity contribution < 1.29 is 0 Å². The first-order valence-electron chi connectivity index (χ1n) is 6.03. The lowest BCUT2D eigenvalue weighted by Crippen LogP contribution is -2.45. The van der Waals surface area contributed by atoms with Crippen molar-refractivity contribution >= 4 is 22.4 Å².